The average Bonchev–Trinajstić information content (AvgIpc) is 3.31. The zero-order chi connectivity index (χ0) is 22.4. The number of carbonyl (C=O) groups is 3. The van der Waals surface area contributed by atoms with E-state index < -0.39 is 6.04 Å². The first-order valence-corrected chi connectivity index (χ1v) is 11.2. The van der Waals surface area contributed by atoms with E-state index >= 15 is 0 Å². The van der Waals surface area contributed by atoms with Crippen LogP contribution in [-0.4, -0.2) is 54.3 Å². The van der Waals surface area contributed by atoms with Crippen LogP contribution in [0, 0.1) is 17.7 Å². The summed E-state index contributed by atoms with van der Waals surface area (Å²) in [6, 6.07) is 5.21. The number of nitrogens with one attached hydrogen (secondary N) is 3. The Kier molecular flexibility index (Phi) is 8.01. The highest BCUT2D eigenvalue weighted by molar-refractivity contribution is 5.89. The average molecular weight is 433 g/mol. The van der Waals surface area contributed by atoms with Gasteiger partial charge in [-0.25, -0.2) is 4.39 Å². The number of nitrogens with zero attached hydrogens (tertiary/aromatic N) is 1. The molecule has 7 nitrogen and oxygen atoms in total. The number of rotatable bonds is 7. The van der Waals surface area contributed by atoms with Crippen LogP contribution < -0.4 is 16.0 Å². The molecule has 31 heavy (non-hydrogen) atoms. The number of hydrogen-bond donors (Lipinski definition) is 3. The Balaban J connectivity index is 1.48. The van der Waals surface area contributed by atoms with Gasteiger partial charge in [0.2, 0.25) is 17.7 Å². The predicted molar refractivity (Wildman–Crippen MR) is 115 cm³/mol. The lowest BCUT2D eigenvalue weighted by Gasteiger charge is -2.34. The fraction of sp³-hybridized carbons (Fsp3) is 0.609. The lowest BCUT2D eigenvalue weighted by Crippen LogP contribution is -2.53. The second kappa shape index (κ2) is 10.7. The van der Waals surface area contributed by atoms with Gasteiger partial charge in [0.1, 0.15) is 11.9 Å². The molecule has 2 atom stereocenters. The van der Waals surface area contributed by atoms with Crippen molar-refractivity contribution in [2.75, 3.05) is 19.6 Å². The summed E-state index contributed by atoms with van der Waals surface area (Å²) >= 11 is 0. The van der Waals surface area contributed by atoms with Crippen LogP contribution in [0.15, 0.2) is 24.3 Å². The van der Waals surface area contributed by atoms with Gasteiger partial charge < -0.3 is 20.9 Å². The van der Waals surface area contributed by atoms with Crippen molar-refractivity contribution < 1.29 is 18.8 Å². The minimum absolute atomic E-state index is 0.0766. The summed E-state index contributed by atoms with van der Waals surface area (Å²) in [7, 11) is 0. The molecule has 0 bridgehead atoms. The molecule has 3 amide bonds. The van der Waals surface area contributed by atoms with E-state index in [1.807, 2.05) is 18.7 Å². The smallest absolute Gasteiger partial charge is 0.243 e. The minimum Gasteiger partial charge on any atom is -0.350 e. The molecule has 1 aromatic rings. The molecule has 1 aromatic carbocycles. The van der Waals surface area contributed by atoms with Crippen molar-refractivity contribution in [1.29, 1.82) is 0 Å². The van der Waals surface area contributed by atoms with E-state index in [4.69, 9.17) is 0 Å². The van der Waals surface area contributed by atoms with E-state index in [0.29, 0.717) is 25.9 Å². The molecule has 2 fully saturated rings. The second-order valence-corrected chi connectivity index (χ2v) is 8.82. The summed E-state index contributed by atoms with van der Waals surface area (Å²) in [5.74, 6) is -0.862. The molecule has 2 heterocycles. The summed E-state index contributed by atoms with van der Waals surface area (Å²) in [5, 5.41) is 8.96. The summed E-state index contributed by atoms with van der Waals surface area (Å²) < 4.78 is 13.0. The number of carbonyl (C=O) groups excluding carboxylic acids is 3. The number of piperidine rings is 1. The Morgan fingerprint density at radius 1 is 1.13 bits per heavy atom. The molecule has 0 radical (unpaired) electrons. The molecule has 0 spiro atoms. The first-order chi connectivity index (χ1) is 14.8. The van der Waals surface area contributed by atoms with Crippen molar-refractivity contribution >= 4 is 17.7 Å². The fourth-order valence-electron chi connectivity index (χ4n) is 4.19. The third-order valence-electron chi connectivity index (χ3n) is 6.16. The zero-order valence-electron chi connectivity index (χ0n) is 18.3. The van der Waals surface area contributed by atoms with E-state index in [-0.39, 0.29) is 48.0 Å². The fourth-order valence-corrected chi connectivity index (χ4v) is 4.19. The maximum absolute atomic E-state index is 13.0. The van der Waals surface area contributed by atoms with E-state index in [1.165, 1.54) is 12.1 Å². The molecule has 2 aliphatic rings. The minimum atomic E-state index is -0.643. The molecular formula is C23H33FN4O3. The predicted octanol–water partition coefficient (Wildman–Crippen LogP) is 1.57. The van der Waals surface area contributed by atoms with Crippen LogP contribution in [0.1, 0.15) is 45.1 Å². The van der Waals surface area contributed by atoms with Crippen LogP contribution in [0.5, 0.6) is 0 Å². The summed E-state index contributed by atoms with van der Waals surface area (Å²) in [6.45, 7) is 6.07. The van der Waals surface area contributed by atoms with Crippen molar-refractivity contribution in [3.63, 3.8) is 0 Å². The normalized spacial score (nSPS) is 20.5. The van der Waals surface area contributed by atoms with E-state index in [1.54, 1.807) is 12.1 Å². The van der Waals surface area contributed by atoms with Gasteiger partial charge >= 0.3 is 0 Å². The highest BCUT2D eigenvalue weighted by atomic mass is 19.1. The van der Waals surface area contributed by atoms with Crippen LogP contribution in [-0.2, 0) is 20.9 Å². The van der Waals surface area contributed by atoms with Crippen molar-refractivity contribution in [3.05, 3.63) is 35.6 Å². The monoisotopic (exact) mass is 432 g/mol. The van der Waals surface area contributed by atoms with Gasteiger partial charge in [0, 0.05) is 25.6 Å². The van der Waals surface area contributed by atoms with Gasteiger partial charge in [-0.2, -0.15) is 0 Å². The Bertz CT molecular complexity index is 770. The number of likely N-dealkylation sites (tertiary alicyclic amines) is 1. The number of amides is 3. The molecule has 2 aliphatic heterocycles. The van der Waals surface area contributed by atoms with E-state index in [2.05, 4.69) is 16.0 Å². The summed E-state index contributed by atoms with van der Waals surface area (Å²) in [5.41, 5.74) is 0.789. The van der Waals surface area contributed by atoms with Crippen LogP contribution in [0.4, 0.5) is 4.39 Å². The highest BCUT2D eigenvalue weighted by Crippen LogP contribution is 2.20. The number of hydrogen-bond acceptors (Lipinski definition) is 4. The summed E-state index contributed by atoms with van der Waals surface area (Å²) in [4.78, 5) is 39.9. The largest absolute Gasteiger partial charge is 0.350 e. The van der Waals surface area contributed by atoms with E-state index in [0.717, 1.165) is 24.9 Å². The van der Waals surface area contributed by atoms with E-state index in [9.17, 15) is 18.8 Å². The molecule has 0 aromatic heterocycles. The van der Waals surface area contributed by atoms with Crippen molar-refractivity contribution in [2.24, 2.45) is 11.8 Å². The second-order valence-electron chi connectivity index (χ2n) is 8.82. The standard InChI is InChI=1S/C23H33FN4O3/c1-15(2)20(22(30)26-14-16-5-7-18(24)8-6-16)27-21(29)17-9-12-28(13-10-17)23(31)19-4-3-11-25-19/h5-8,15,17,19-20,25H,3-4,9-14H2,1-2H3,(H,26,30)(H,27,29). The lowest BCUT2D eigenvalue weighted by molar-refractivity contribution is -0.138. The number of benzene rings is 1. The maximum atomic E-state index is 13.0. The first-order valence-electron chi connectivity index (χ1n) is 11.2. The van der Waals surface area contributed by atoms with Gasteiger partial charge in [0.25, 0.3) is 0 Å². The quantitative estimate of drug-likeness (QED) is 0.610. The molecule has 0 aliphatic carbocycles. The Hall–Kier alpha value is -2.48. The Morgan fingerprint density at radius 2 is 1.81 bits per heavy atom. The zero-order valence-corrected chi connectivity index (χ0v) is 18.3. The molecule has 2 unspecified atom stereocenters. The van der Waals surface area contributed by atoms with Crippen LogP contribution in [0.25, 0.3) is 0 Å². The SMILES string of the molecule is CC(C)C(NC(=O)C1CCN(C(=O)C2CCCN2)CC1)C(=O)NCc1ccc(F)cc1. The molecule has 3 N–H and O–H groups in total. The van der Waals surface area contributed by atoms with Gasteiger partial charge in [-0.3, -0.25) is 14.4 Å². The molecule has 0 saturated carbocycles. The molecular weight excluding hydrogens is 399 g/mol. The van der Waals surface area contributed by atoms with Crippen molar-refractivity contribution in [1.82, 2.24) is 20.9 Å². The lowest BCUT2D eigenvalue weighted by atomic mass is 9.94. The van der Waals surface area contributed by atoms with Gasteiger partial charge in [0.05, 0.1) is 6.04 Å². The molecule has 170 valence electrons. The van der Waals surface area contributed by atoms with Crippen LogP contribution >= 0.6 is 0 Å². The third kappa shape index (κ3) is 6.26. The highest BCUT2D eigenvalue weighted by Gasteiger charge is 2.33. The topological polar surface area (TPSA) is 90.5 Å². The first kappa shape index (κ1) is 23.2. The van der Waals surface area contributed by atoms with Crippen LogP contribution in [0.2, 0.25) is 0 Å². The Morgan fingerprint density at radius 3 is 2.39 bits per heavy atom. The summed E-state index contributed by atoms with van der Waals surface area (Å²) in [6.07, 6.45) is 3.11. The molecule has 3 rings (SSSR count). The van der Waals surface area contributed by atoms with Gasteiger partial charge in [-0.05, 0) is 55.8 Å². The maximum Gasteiger partial charge on any atom is 0.243 e. The van der Waals surface area contributed by atoms with Gasteiger partial charge in [-0.15, -0.1) is 0 Å². The molecule has 2 saturated heterocycles. The molecule has 8 heteroatoms. The Labute approximate surface area is 183 Å². The van der Waals surface area contributed by atoms with Gasteiger partial charge in [0.15, 0.2) is 0 Å². The van der Waals surface area contributed by atoms with Crippen molar-refractivity contribution in [2.45, 2.75) is 58.2 Å². The van der Waals surface area contributed by atoms with Crippen LogP contribution in [0.3, 0.4) is 0 Å². The van der Waals surface area contributed by atoms with Crippen molar-refractivity contribution in [3.8, 4) is 0 Å². The van der Waals surface area contributed by atoms with Gasteiger partial charge in [-0.1, -0.05) is 26.0 Å². The number of halogens is 1. The third-order valence-corrected chi connectivity index (χ3v) is 6.16.